The van der Waals surface area contributed by atoms with E-state index in [0.717, 1.165) is 27.1 Å². The standard InChI is InChI=1S/C23H17BrClN3O2S/c1-13-11-15(14(2)27(13)18-7-3-16(24)4-8-18)12-20-21(29)26-23(31)28(22(20)30)19-9-5-17(25)6-10-19/h3-12H,1-2H3,(H,26,29,31)/b20-12+. The first-order valence-electron chi connectivity index (χ1n) is 9.38. The molecule has 2 heterocycles. The molecule has 2 amide bonds. The number of aryl methyl sites for hydroxylation is 1. The summed E-state index contributed by atoms with van der Waals surface area (Å²) in [7, 11) is 0. The number of aromatic nitrogens is 1. The van der Waals surface area contributed by atoms with Crippen LogP contribution in [0.25, 0.3) is 11.8 Å². The molecule has 4 rings (SSSR count). The van der Waals surface area contributed by atoms with Crippen LogP contribution < -0.4 is 10.2 Å². The van der Waals surface area contributed by atoms with Crippen LogP contribution in [0.2, 0.25) is 5.02 Å². The maximum atomic E-state index is 13.2. The number of nitrogens with one attached hydrogen (secondary N) is 1. The van der Waals surface area contributed by atoms with Gasteiger partial charge < -0.3 is 4.57 Å². The van der Waals surface area contributed by atoms with Crippen LogP contribution >= 0.6 is 39.7 Å². The zero-order valence-corrected chi connectivity index (χ0v) is 19.8. The highest BCUT2D eigenvalue weighted by Gasteiger charge is 2.34. The Kier molecular flexibility index (Phi) is 5.83. The smallest absolute Gasteiger partial charge is 0.270 e. The highest BCUT2D eigenvalue weighted by atomic mass is 79.9. The third kappa shape index (κ3) is 4.08. The second kappa shape index (κ2) is 8.42. The second-order valence-electron chi connectivity index (χ2n) is 7.07. The molecule has 31 heavy (non-hydrogen) atoms. The Labute approximate surface area is 198 Å². The zero-order valence-electron chi connectivity index (χ0n) is 16.6. The predicted molar refractivity (Wildman–Crippen MR) is 131 cm³/mol. The third-order valence-corrected chi connectivity index (χ3v) is 6.11. The van der Waals surface area contributed by atoms with Gasteiger partial charge in [-0.1, -0.05) is 27.5 Å². The van der Waals surface area contributed by atoms with Gasteiger partial charge in [0.25, 0.3) is 11.8 Å². The van der Waals surface area contributed by atoms with Gasteiger partial charge in [0.15, 0.2) is 5.11 Å². The SMILES string of the molecule is Cc1cc(/C=C2\C(=O)NC(=S)N(c3ccc(Cl)cc3)C2=O)c(C)n1-c1ccc(Br)cc1. The fourth-order valence-electron chi connectivity index (χ4n) is 3.56. The van der Waals surface area contributed by atoms with Gasteiger partial charge in [-0.2, -0.15) is 0 Å². The van der Waals surface area contributed by atoms with E-state index in [0.29, 0.717) is 10.7 Å². The quantitative estimate of drug-likeness (QED) is 0.292. The van der Waals surface area contributed by atoms with E-state index in [-0.39, 0.29) is 10.7 Å². The molecule has 5 nitrogen and oxygen atoms in total. The van der Waals surface area contributed by atoms with Crippen molar-refractivity contribution in [3.05, 3.63) is 86.6 Å². The Bertz CT molecular complexity index is 1250. The first-order chi connectivity index (χ1) is 14.8. The highest BCUT2D eigenvalue weighted by molar-refractivity contribution is 9.10. The van der Waals surface area contributed by atoms with E-state index in [2.05, 4.69) is 25.8 Å². The average Bonchev–Trinajstić information content (AvgIpc) is 3.00. The Morgan fingerprint density at radius 3 is 2.26 bits per heavy atom. The molecular weight excluding hydrogens is 498 g/mol. The van der Waals surface area contributed by atoms with Crippen molar-refractivity contribution >= 4 is 68.4 Å². The molecule has 1 aliphatic rings. The van der Waals surface area contributed by atoms with Crippen LogP contribution in [-0.4, -0.2) is 21.5 Å². The van der Waals surface area contributed by atoms with E-state index in [1.807, 2.05) is 44.2 Å². The van der Waals surface area contributed by atoms with Crippen molar-refractivity contribution in [2.45, 2.75) is 13.8 Å². The summed E-state index contributed by atoms with van der Waals surface area (Å²) in [6, 6.07) is 16.6. The van der Waals surface area contributed by atoms with Crippen molar-refractivity contribution in [1.29, 1.82) is 0 Å². The number of carbonyl (C=O) groups is 2. The molecule has 1 aromatic heterocycles. The number of thiocarbonyl (C=S) groups is 1. The summed E-state index contributed by atoms with van der Waals surface area (Å²) in [6.45, 7) is 3.93. The van der Waals surface area contributed by atoms with E-state index < -0.39 is 11.8 Å². The number of rotatable bonds is 3. The van der Waals surface area contributed by atoms with Gasteiger partial charge in [0.05, 0.1) is 5.69 Å². The normalized spacial score (nSPS) is 15.5. The van der Waals surface area contributed by atoms with Gasteiger partial charge in [0.2, 0.25) is 0 Å². The first kappa shape index (κ1) is 21.5. The molecule has 1 N–H and O–H groups in total. The minimum atomic E-state index is -0.520. The Hall–Kier alpha value is -2.74. The number of benzene rings is 2. The van der Waals surface area contributed by atoms with Gasteiger partial charge in [-0.3, -0.25) is 19.8 Å². The Morgan fingerprint density at radius 1 is 1.00 bits per heavy atom. The number of nitrogens with zero attached hydrogens (tertiary/aromatic N) is 2. The van der Waals surface area contributed by atoms with Gasteiger partial charge in [0.1, 0.15) is 5.57 Å². The van der Waals surface area contributed by atoms with Crippen LogP contribution in [0.15, 0.2) is 64.6 Å². The van der Waals surface area contributed by atoms with Gasteiger partial charge in [-0.05, 0) is 92.3 Å². The van der Waals surface area contributed by atoms with Crippen LogP contribution in [0, 0.1) is 13.8 Å². The summed E-state index contributed by atoms with van der Waals surface area (Å²) >= 11 is 14.6. The lowest BCUT2D eigenvalue weighted by atomic mass is 10.1. The number of hydrogen-bond acceptors (Lipinski definition) is 3. The molecule has 2 aromatic carbocycles. The fourth-order valence-corrected chi connectivity index (χ4v) is 4.23. The lowest BCUT2D eigenvalue weighted by Gasteiger charge is -2.28. The molecule has 1 aliphatic heterocycles. The number of carbonyl (C=O) groups excluding carboxylic acids is 2. The van der Waals surface area contributed by atoms with E-state index >= 15 is 0 Å². The van der Waals surface area contributed by atoms with Crippen molar-refractivity contribution in [3.63, 3.8) is 0 Å². The number of halogens is 2. The fraction of sp³-hybridized carbons (Fsp3) is 0.0870. The Morgan fingerprint density at radius 2 is 1.61 bits per heavy atom. The van der Waals surface area contributed by atoms with Crippen LogP contribution in [-0.2, 0) is 9.59 Å². The van der Waals surface area contributed by atoms with E-state index in [9.17, 15) is 9.59 Å². The molecule has 0 unspecified atom stereocenters. The highest BCUT2D eigenvalue weighted by Crippen LogP contribution is 2.27. The maximum Gasteiger partial charge on any atom is 0.270 e. The van der Waals surface area contributed by atoms with Crippen LogP contribution in [0.4, 0.5) is 5.69 Å². The molecule has 0 bridgehead atoms. The lowest BCUT2D eigenvalue weighted by Crippen LogP contribution is -2.54. The number of hydrogen-bond donors (Lipinski definition) is 1. The number of anilines is 1. The molecule has 0 atom stereocenters. The van der Waals surface area contributed by atoms with Crippen LogP contribution in [0.3, 0.4) is 0 Å². The molecule has 0 aliphatic carbocycles. The molecule has 0 saturated carbocycles. The van der Waals surface area contributed by atoms with Crippen molar-refractivity contribution in [3.8, 4) is 5.69 Å². The summed E-state index contributed by atoms with van der Waals surface area (Å²) in [4.78, 5) is 27.1. The zero-order chi connectivity index (χ0) is 22.3. The first-order valence-corrected chi connectivity index (χ1v) is 11.0. The third-order valence-electron chi connectivity index (χ3n) is 5.04. The van der Waals surface area contributed by atoms with Gasteiger partial charge in [-0.25, -0.2) is 0 Å². The molecule has 1 fully saturated rings. The second-order valence-corrected chi connectivity index (χ2v) is 8.81. The van der Waals surface area contributed by atoms with E-state index in [4.69, 9.17) is 23.8 Å². The summed E-state index contributed by atoms with van der Waals surface area (Å²) in [5.74, 6) is -1.00. The van der Waals surface area contributed by atoms with Crippen molar-refractivity contribution in [2.24, 2.45) is 0 Å². The lowest BCUT2D eigenvalue weighted by molar-refractivity contribution is -0.122. The minimum absolute atomic E-state index is 0.0135. The van der Waals surface area contributed by atoms with Gasteiger partial charge in [-0.15, -0.1) is 0 Å². The van der Waals surface area contributed by atoms with Crippen molar-refractivity contribution in [1.82, 2.24) is 9.88 Å². The average molecular weight is 515 g/mol. The monoisotopic (exact) mass is 513 g/mol. The number of amides is 2. The predicted octanol–water partition coefficient (Wildman–Crippen LogP) is 5.34. The van der Waals surface area contributed by atoms with Crippen molar-refractivity contribution in [2.75, 3.05) is 4.90 Å². The molecule has 156 valence electrons. The minimum Gasteiger partial charge on any atom is -0.318 e. The summed E-state index contributed by atoms with van der Waals surface area (Å²) in [5.41, 5.74) is 4.22. The molecule has 8 heteroatoms. The summed E-state index contributed by atoms with van der Waals surface area (Å²) < 4.78 is 3.06. The van der Waals surface area contributed by atoms with Crippen LogP contribution in [0.5, 0.6) is 0 Å². The molecule has 0 radical (unpaired) electrons. The maximum absolute atomic E-state index is 13.2. The van der Waals surface area contributed by atoms with Crippen LogP contribution in [0.1, 0.15) is 17.0 Å². The van der Waals surface area contributed by atoms with Crippen molar-refractivity contribution < 1.29 is 9.59 Å². The van der Waals surface area contributed by atoms with Gasteiger partial charge in [0, 0.05) is 26.6 Å². The molecule has 0 spiro atoms. The molecular formula is C23H17BrClN3O2S. The molecule has 3 aromatic rings. The van der Waals surface area contributed by atoms with Gasteiger partial charge >= 0.3 is 0 Å². The van der Waals surface area contributed by atoms with E-state index in [1.165, 1.54) is 4.90 Å². The Balaban J connectivity index is 1.75. The topological polar surface area (TPSA) is 54.3 Å². The largest absolute Gasteiger partial charge is 0.318 e. The van der Waals surface area contributed by atoms with E-state index in [1.54, 1.807) is 30.3 Å². The summed E-state index contributed by atoms with van der Waals surface area (Å²) in [6.07, 6.45) is 1.61. The molecule has 1 saturated heterocycles. The summed E-state index contributed by atoms with van der Waals surface area (Å²) in [5, 5.41) is 3.18.